The highest BCUT2D eigenvalue weighted by molar-refractivity contribution is 6.04. The molecule has 0 spiro atoms. The van der Waals surface area contributed by atoms with Gasteiger partial charge in [-0.05, 0) is 29.8 Å². The van der Waals surface area contributed by atoms with Gasteiger partial charge in [0.1, 0.15) is 5.65 Å². The number of pyridine rings is 1. The summed E-state index contributed by atoms with van der Waals surface area (Å²) in [6, 6.07) is 20.1. The van der Waals surface area contributed by atoms with E-state index in [1.54, 1.807) is 42.6 Å². The van der Waals surface area contributed by atoms with E-state index < -0.39 is 5.97 Å². The second-order valence-corrected chi connectivity index (χ2v) is 6.39. The fraction of sp³-hybridized carbons (Fsp3) is 0.0455. The summed E-state index contributed by atoms with van der Waals surface area (Å²) in [6.45, 7) is 0. The highest BCUT2D eigenvalue weighted by atomic mass is 16.4. The van der Waals surface area contributed by atoms with Crippen molar-refractivity contribution >= 4 is 23.2 Å². The Hall–Kier alpha value is -3.93. The molecule has 4 aromatic rings. The molecule has 4 rings (SSSR count). The van der Waals surface area contributed by atoms with Crippen LogP contribution in [0.4, 0.5) is 5.69 Å². The van der Waals surface area contributed by atoms with Crippen molar-refractivity contribution in [2.75, 3.05) is 5.32 Å². The molecule has 0 aliphatic rings. The number of rotatable bonds is 5. The van der Waals surface area contributed by atoms with E-state index in [4.69, 9.17) is 5.11 Å². The number of hydrogen-bond acceptors (Lipinski definition) is 3. The van der Waals surface area contributed by atoms with Crippen molar-refractivity contribution in [3.8, 4) is 11.3 Å². The van der Waals surface area contributed by atoms with E-state index in [1.807, 2.05) is 40.9 Å². The molecule has 6 heteroatoms. The van der Waals surface area contributed by atoms with Crippen molar-refractivity contribution in [2.45, 2.75) is 6.42 Å². The van der Waals surface area contributed by atoms with Gasteiger partial charge >= 0.3 is 5.97 Å². The summed E-state index contributed by atoms with van der Waals surface area (Å²) in [6.07, 6.45) is 3.68. The summed E-state index contributed by atoms with van der Waals surface area (Å²) in [5, 5.41) is 11.6. The smallest absolute Gasteiger partial charge is 0.307 e. The first kappa shape index (κ1) is 17.5. The van der Waals surface area contributed by atoms with Gasteiger partial charge in [-0.3, -0.25) is 9.59 Å². The van der Waals surface area contributed by atoms with Crippen molar-refractivity contribution in [3.05, 3.63) is 90.3 Å². The fourth-order valence-electron chi connectivity index (χ4n) is 2.95. The zero-order valence-corrected chi connectivity index (χ0v) is 14.9. The molecule has 0 saturated heterocycles. The van der Waals surface area contributed by atoms with Crippen molar-refractivity contribution in [1.82, 2.24) is 9.38 Å². The van der Waals surface area contributed by atoms with Gasteiger partial charge in [0.15, 0.2) is 0 Å². The second-order valence-electron chi connectivity index (χ2n) is 6.39. The molecule has 0 saturated carbocycles. The predicted molar refractivity (Wildman–Crippen MR) is 106 cm³/mol. The molecule has 0 aliphatic heterocycles. The number of aliphatic carboxylic acids is 1. The van der Waals surface area contributed by atoms with Crippen LogP contribution in [0.2, 0.25) is 0 Å². The van der Waals surface area contributed by atoms with Crippen LogP contribution in [0.25, 0.3) is 16.9 Å². The molecular formula is C22H17N3O3. The molecule has 6 nitrogen and oxygen atoms in total. The largest absolute Gasteiger partial charge is 0.481 e. The minimum absolute atomic E-state index is 0.0471. The molecule has 0 radical (unpaired) electrons. The molecule has 1 amide bonds. The Kier molecular flexibility index (Phi) is 4.60. The summed E-state index contributed by atoms with van der Waals surface area (Å²) >= 11 is 0. The molecular weight excluding hydrogens is 354 g/mol. The van der Waals surface area contributed by atoms with Crippen molar-refractivity contribution in [1.29, 1.82) is 0 Å². The molecule has 0 bridgehead atoms. The number of imidazole rings is 1. The number of amides is 1. The molecule has 0 fully saturated rings. The number of fused-ring (bicyclic) bond motifs is 1. The molecule has 0 aliphatic carbocycles. The maximum absolute atomic E-state index is 12.6. The number of carboxylic acid groups (broad SMARTS) is 1. The monoisotopic (exact) mass is 371 g/mol. The average Bonchev–Trinajstić information content (AvgIpc) is 3.13. The summed E-state index contributed by atoms with van der Waals surface area (Å²) in [7, 11) is 0. The van der Waals surface area contributed by atoms with E-state index in [-0.39, 0.29) is 12.3 Å². The highest BCUT2D eigenvalue weighted by Gasteiger charge is 2.10. The summed E-state index contributed by atoms with van der Waals surface area (Å²) in [5.74, 6) is -1.14. The molecule has 138 valence electrons. The Morgan fingerprint density at radius 1 is 1.00 bits per heavy atom. The third-order valence-corrected chi connectivity index (χ3v) is 4.36. The molecule has 0 unspecified atom stereocenters. The van der Waals surface area contributed by atoms with Gasteiger partial charge in [0.2, 0.25) is 0 Å². The quantitative estimate of drug-likeness (QED) is 0.558. The second kappa shape index (κ2) is 7.36. The molecule has 0 atom stereocenters. The maximum atomic E-state index is 12.6. The van der Waals surface area contributed by atoms with Gasteiger partial charge in [-0.15, -0.1) is 0 Å². The number of anilines is 1. The molecule has 2 N–H and O–H groups in total. The fourth-order valence-corrected chi connectivity index (χ4v) is 2.95. The van der Waals surface area contributed by atoms with Crippen LogP contribution in [0.3, 0.4) is 0 Å². The van der Waals surface area contributed by atoms with E-state index in [9.17, 15) is 9.59 Å². The highest BCUT2D eigenvalue weighted by Crippen LogP contribution is 2.20. The number of carbonyl (C=O) groups is 2. The lowest BCUT2D eigenvalue weighted by Crippen LogP contribution is -2.12. The number of carbonyl (C=O) groups excluding carboxylic acids is 1. The predicted octanol–water partition coefficient (Wildman–Crippen LogP) is 3.88. The van der Waals surface area contributed by atoms with Crippen LogP contribution >= 0.6 is 0 Å². The summed E-state index contributed by atoms with van der Waals surface area (Å²) in [5.41, 5.74) is 4.31. The topological polar surface area (TPSA) is 83.7 Å². The number of nitrogens with one attached hydrogen (secondary N) is 1. The zero-order valence-electron chi connectivity index (χ0n) is 14.9. The average molecular weight is 371 g/mol. The van der Waals surface area contributed by atoms with Crippen LogP contribution in [0.5, 0.6) is 0 Å². The third kappa shape index (κ3) is 3.76. The van der Waals surface area contributed by atoms with Crippen LogP contribution in [0.15, 0.2) is 79.1 Å². The number of nitrogens with zero attached hydrogens (tertiary/aromatic N) is 2. The van der Waals surface area contributed by atoms with Gasteiger partial charge in [-0.25, -0.2) is 4.98 Å². The van der Waals surface area contributed by atoms with Crippen LogP contribution in [0.1, 0.15) is 15.9 Å². The number of aromatic nitrogens is 2. The molecule has 28 heavy (non-hydrogen) atoms. The molecule has 2 heterocycles. The van der Waals surface area contributed by atoms with Gasteiger partial charge < -0.3 is 14.8 Å². The van der Waals surface area contributed by atoms with E-state index in [1.165, 1.54) is 0 Å². The summed E-state index contributed by atoms with van der Waals surface area (Å²) in [4.78, 5) is 27.9. The van der Waals surface area contributed by atoms with Crippen molar-refractivity contribution < 1.29 is 14.7 Å². The molecule has 2 aromatic heterocycles. The number of benzene rings is 2. The SMILES string of the molecule is O=C(O)Cc1ccc(NC(=O)c2ccn3cc(-c4ccccc4)nc3c2)cc1. The van der Waals surface area contributed by atoms with Crippen LogP contribution in [-0.2, 0) is 11.2 Å². The van der Waals surface area contributed by atoms with Gasteiger partial charge in [0.25, 0.3) is 5.91 Å². The normalized spacial score (nSPS) is 10.7. The minimum atomic E-state index is -0.889. The minimum Gasteiger partial charge on any atom is -0.481 e. The lowest BCUT2D eigenvalue weighted by atomic mass is 10.1. The van der Waals surface area contributed by atoms with Crippen LogP contribution in [-0.4, -0.2) is 26.4 Å². The first-order valence-corrected chi connectivity index (χ1v) is 8.75. The summed E-state index contributed by atoms with van der Waals surface area (Å²) < 4.78 is 1.87. The van der Waals surface area contributed by atoms with E-state index in [2.05, 4.69) is 10.3 Å². The zero-order chi connectivity index (χ0) is 19.5. The van der Waals surface area contributed by atoms with Gasteiger partial charge in [0, 0.05) is 29.2 Å². The van der Waals surface area contributed by atoms with Gasteiger partial charge in [-0.2, -0.15) is 0 Å². The van der Waals surface area contributed by atoms with Gasteiger partial charge in [-0.1, -0.05) is 42.5 Å². The Balaban J connectivity index is 1.53. The van der Waals surface area contributed by atoms with Crippen LogP contribution < -0.4 is 5.32 Å². The first-order chi connectivity index (χ1) is 13.6. The standard InChI is InChI=1S/C22H17N3O3/c26-21(27)12-15-6-8-18(9-7-15)23-22(28)17-10-11-25-14-19(24-20(25)13-17)16-4-2-1-3-5-16/h1-11,13-14H,12H2,(H,23,28)(H,26,27). The number of carboxylic acids is 1. The Labute approximate surface area is 161 Å². The van der Waals surface area contributed by atoms with E-state index in [0.717, 1.165) is 11.3 Å². The lowest BCUT2D eigenvalue weighted by molar-refractivity contribution is -0.136. The Morgan fingerprint density at radius 3 is 2.46 bits per heavy atom. The Bertz CT molecular complexity index is 1150. The Morgan fingerprint density at radius 2 is 1.75 bits per heavy atom. The molecule has 2 aromatic carbocycles. The maximum Gasteiger partial charge on any atom is 0.307 e. The van der Waals surface area contributed by atoms with Crippen LogP contribution in [0, 0.1) is 0 Å². The van der Waals surface area contributed by atoms with Crippen molar-refractivity contribution in [3.63, 3.8) is 0 Å². The first-order valence-electron chi connectivity index (χ1n) is 8.75. The van der Waals surface area contributed by atoms with Gasteiger partial charge in [0.05, 0.1) is 12.1 Å². The van der Waals surface area contributed by atoms with Crippen molar-refractivity contribution in [2.24, 2.45) is 0 Å². The third-order valence-electron chi connectivity index (χ3n) is 4.36. The number of hydrogen-bond donors (Lipinski definition) is 2. The lowest BCUT2D eigenvalue weighted by Gasteiger charge is -2.06. The van der Waals surface area contributed by atoms with E-state index >= 15 is 0 Å². The van der Waals surface area contributed by atoms with E-state index in [0.29, 0.717) is 22.5 Å².